The van der Waals surface area contributed by atoms with Gasteiger partial charge in [-0.1, -0.05) is 31.5 Å². The third kappa shape index (κ3) is 6.52. The molecule has 0 aliphatic carbocycles. The first-order chi connectivity index (χ1) is 7.15. The molecule has 0 aliphatic heterocycles. The van der Waals surface area contributed by atoms with Gasteiger partial charge in [-0.05, 0) is 26.4 Å². The Morgan fingerprint density at radius 2 is 2.00 bits per heavy atom. The van der Waals surface area contributed by atoms with Gasteiger partial charge in [-0.3, -0.25) is 0 Å². The second kappa shape index (κ2) is 8.74. The Morgan fingerprint density at radius 1 is 1.40 bits per heavy atom. The molecule has 0 bridgehead atoms. The standard InChI is InChI=1S/C11H20ClNO2/c1-4-13(5-2)8-6-7-10(3)11(14)15-9-12/h7H,4-6,8-9H2,1-3H3. The summed E-state index contributed by atoms with van der Waals surface area (Å²) in [6.07, 6.45) is 2.76. The molecule has 0 fully saturated rings. The molecule has 0 radical (unpaired) electrons. The van der Waals surface area contributed by atoms with Crippen LogP contribution in [0.3, 0.4) is 0 Å². The molecular formula is C11H20ClNO2. The topological polar surface area (TPSA) is 29.5 Å². The average Bonchev–Trinajstić information content (AvgIpc) is 2.24. The van der Waals surface area contributed by atoms with Gasteiger partial charge >= 0.3 is 5.97 Å². The Kier molecular flexibility index (Phi) is 8.43. The van der Waals surface area contributed by atoms with Crippen LogP contribution >= 0.6 is 11.6 Å². The number of hydrogen-bond donors (Lipinski definition) is 0. The van der Waals surface area contributed by atoms with Crippen LogP contribution in [0, 0.1) is 0 Å². The summed E-state index contributed by atoms with van der Waals surface area (Å²) in [4.78, 5) is 13.5. The number of nitrogens with zero attached hydrogens (tertiary/aromatic N) is 1. The molecule has 0 aliphatic rings. The quantitative estimate of drug-likeness (QED) is 0.384. The number of carbonyl (C=O) groups excluding carboxylic acids is 1. The molecule has 0 saturated carbocycles. The average molecular weight is 234 g/mol. The van der Waals surface area contributed by atoms with E-state index >= 15 is 0 Å². The number of alkyl halides is 1. The largest absolute Gasteiger partial charge is 0.446 e. The summed E-state index contributed by atoms with van der Waals surface area (Å²) in [6.45, 7) is 9.05. The third-order valence-electron chi connectivity index (χ3n) is 2.30. The number of carbonyl (C=O) groups is 1. The summed E-state index contributed by atoms with van der Waals surface area (Å²) in [5.74, 6) is -0.329. The van der Waals surface area contributed by atoms with Gasteiger partial charge in [0.25, 0.3) is 0 Å². The highest BCUT2D eigenvalue weighted by atomic mass is 35.5. The lowest BCUT2D eigenvalue weighted by Gasteiger charge is -2.16. The lowest BCUT2D eigenvalue weighted by Crippen LogP contribution is -2.23. The minimum atomic E-state index is -0.329. The Bertz CT molecular complexity index is 213. The normalized spacial score (nSPS) is 11.9. The number of esters is 1. The fraction of sp³-hybridized carbons (Fsp3) is 0.727. The molecule has 4 heteroatoms. The molecule has 0 spiro atoms. The van der Waals surface area contributed by atoms with Crippen molar-refractivity contribution in [1.82, 2.24) is 4.90 Å². The van der Waals surface area contributed by atoms with Crippen LogP contribution in [0.5, 0.6) is 0 Å². The molecule has 3 nitrogen and oxygen atoms in total. The maximum absolute atomic E-state index is 11.2. The van der Waals surface area contributed by atoms with Crippen LogP contribution in [-0.2, 0) is 9.53 Å². The van der Waals surface area contributed by atoms with Gasteiger partial charge in [0, 0.05) is 12.1 Å². The van der Waals surface area contributed by atoms with Crippen molar-refractivity contribution in [1.29, 1.82) is 0 Å². The minimum Gasteiger partial charge on any atom is -0.446 e. The van der Waals surface area contributed by atoms with Gasteiger partial charge < -0.3 is 9.64 Å². The van der Waals surface area contributed by atoms with Crippen molar-refractivity contribution in [2.24, 2.45) is 0 Å². The van der Waals surface area contributed by atoms with E-state index < -0.39 is 0 Å². The maximum atomic E-state index is 11.2. The number of rotatable bonds is 7. The molecule has 88 valence electrons. The number of ether oxygens (including phenoxy) is 1. The zero-order chi connectivity index (χ0) is 11.7. The molecule has 0 unspecified atom stereocenters. The molecule has 0 aromatic heterocycles. The van der Waals surface area contributed by atoms with Crippen LogP contribution in [0.1, 0.15) is 27.2 Å². The highest BCUT2D eigenvalue weighted by molar-refractivity contribution is 6.17. The molecule has 0 aromatic rings. The van der Waals surface area contributed by atoms with Crippen molar-refractivity contribution in [2.45, 2.75) is 27.2 Å². The number of halogens is 1. The molecule has 0 saturated heterocycles. The lowest BCUT2D eigenvalue weighted by molar-refractivity contribution is -0.136. The zero-order valence-electron chi connectivity index (χ0n) is 9.75. The number of hydrogen-bond acceptors (Lipinski definition) is 3. The van der Waals surface area contributed by atoms with E-state index in [9.17, 15) is 4.79 Å². The van der Waals surface area contributed by atoms with E-state index in [1.165, 1.54) is 0 Å². The SMILES string of the molecule is CCN(CC)CCC=C(C)C(=O)OCCl. The Morgan fingerprint density at radius 3 is 2.47 bits per heavy atom. The van der Waals surface area contributed by atoms with Crippen molar-refractivity contribution in [3.05, 3.63) is 11.6 Å². The van der Waals surface area contributed by atoms with E-state index in [0.29, 0.717) is 5.57 Å². The lowest BCUT2D eigenvalue weighted by atomic mass is 10.2. The Hall–Kier alpha value is -0.540. The molecule has 0 rings (SSSR count). The van der Waals surface area contributed by atoms with E-state index in [4.69, 9.17) is 11.6 Å². The molecular weight excluding hydrogens is 214 g/mol. The van der Waals surface area contributed by atoms with E-state index in [1.54, 1.807) is 6.92 Å². The van der Waals surface area contributed by atoms with E-state index in [1.807, 2.05) is 6.08 Å². The predicted octanol–water partition coefficient (Wildman–Crippen LogP) is 2.40. The molecule has 15 heavy (non-hydrogen) atoms. The van der Waals surface area contributed by atoms with Crippen molar-refractivity contribution in [3.8, 4) is 0 Å². The summed E-state index contributed by atoms with van der Waals surface area (Å²) < 4.78 is 4.66. The zero-order valence-corrected chi connectivity index (χ0v) is 10.5. The van der Waals surface area contributed by atoms with Crippen molar-refractivity contribution in [2.75, 3.05) is 25.7 Å². The maximum Gasteiger partial charge on any atom is 0.334 e. The minimum absolute atomic E-state index is 0.0833. The molecule has 0 N–H and O–H groups in total. The summed E-state index contributed by atoms with van der Waals surface area (Å²) >= 11 is 5.29. The first kappa shape index (κ1) is 14.5. The second-order valence-electron chi connectivity index (χ2n) is 3.24. The molecule has 0 heterocycles. The fourth-order valence-corrected chi connectivity index (χ4v) is 1.35. The van der Waals surface area contributed by atoms with E-state index in [-0.39, 0.29) is 12.0 Å². The van der Waals surface area contributed by atoms with E-state index in [0.717, 1.165) is 26.1 Å². The second-order valence-corrected chi connectivity index (χ2v) is 3.46. The summed E-state index contributed by atoms with van der Waals surface area (Å²) in [6, 6.07) is -0.0833. The molecule has 0 aromatic carbocycles. The third-order valence-corrected chi connectivity index (χ3v) is 2.41. The monoisotopic (exact) mass is 233 g/mol. The summed E-state index contributed by atoms with van der Waals surface area (Å²) in [5.41, 5.74) is 0.628. The van der Waals surface area contributed by atoms with Gasteiger partial charge in [-0.25, -0.2) is 4.79 Å². The van der Waals surface area contributed by atoms with Crippen LogP contribution in [-0.4, -0.2) is 36.6 Å². The summed E-state index contributed by atoms with van der Waals surface area (Å²) in [5, 5.41) is 0. The van der Waals surface area contributed by atoms with Gasteiger partial charge in [0.15, 0.2) is 6.07 Å². The smallest absolute Gasteiger partial charge is 0.334 e. The van der Waals surface area contributed by atoms with Gasteiger partial charge in [-0.15, -0.1) is 0 Å². The van der Waals surface area contributed by atoms with Gasteiger partial charge in [0.2, 0.25) is 0 Å². The first-order valence-corrected chi connectivity index (χ1v) is 5.81. The van der Waals surface area contributed by atoms with Crippen molar-refractivity contribution < 1.29 is 9.53 Å². The predicted molar refractivity (Wildman–Crippen MR) is 63.0 cm³/mol. The highest BCUT2D eigenvalue weighted by Gasteiger charge is 2.04. The van der Waals surface area contributed by atoms with Crippen molar-refractivity contribution in [3.63, 3.8) is 0 Å². The van der Waals surface area contributed by atoms with Crippen LogP contribution in [0.25, 0.3) is 0 Å². The van der Waals surface area contributed by atoms with Crippen LogP contribution in [0.2, 0.25) is 0 Å². The van der Waals surface area contributed by atoms with Gasteiger partial charge in [-0.2, -0.15) is 0 Å². The van der Waals surface area contributed by atoms with Crippen LogP contribution in [0.4, 0.5) is 0 Å². The molecule has 0 atom stereocenters. The summed E-state index contributed by atoms with van der Waals surface area (Å²) in [7, 11) is 0. The first-order valence-electron chi connectivity index (χ1n) is 5.27. The van der Waals surface area contributed by atoms with Gasteiger partial charge in [0.1, 0.15) is 0 Å². The highest BCUT2D eigenvalue weighted by Crippen LogP contribution is 2.01. The van der Waals surface area contributed by atoms with Crippen LogP contribution in [0.15, 0.2) is 11.6 Å². The molecule has 0 amide bonds. The van der Waals surface area contributed by atoms with Crippen LogP contribution < -0.4 is 0 Å². The fourth-order valence-electron chi connectivity index (χ4n) is 1.25. The van der Waals surface area contributed by atoms with Gasteiger partial charge in [0.05, 0.1) is 0 Å². The Labute approximate surface area is 97.0 Å². The van der Waals surface area contributed by atoms with Crippen molar-refractivity contribution >= 4 is 17.6 Å². The Balaban J connectivity index is 3.89. The van der Waals surface area contributed by atoms with E-state index in [2.05, 4.69) is 23.5 Å².